The van der Waals surface area contributed by atoms with Gasteiger partial charge < -0.3 is 15.4 Å². The van der Waals surface area contributed by atoms with E-state index in [0.29, 0.717) is 18.0 Å². The van der Waals surface area contributed by atoms with Crippen molar-refractivity contribution in [2.75, 3.05) is 30.6 Å². The van der Waals surface area contributed by atoms with Crippen LogP contribution in [0.5, 0.6) is 5.75 Å². The molecule has 0 saturated carbocycles. The predicted molar refractivity (Wildman–Crippen MR) is 91.2 cm³/mol. The Bertz CT molecular complexity index is 585. The summed E-state index contributed by atoms with van der Waals surface area (Å²) in [6.07, 6.45) is 0.789. The lowest BCUT2D eigenvalue weighted by atomic mass is 10.3. The quantitative estimate of drug-likeness (QED) is 0.550. The third-order valence-corrected chi connectivity index (χ3v) is 3.94. The van der Waals surface area contributed by atoms with Crippen LogP contribution in [0.3, 0.4) is 0 Å². The van der Waals surface area contributed by atoms with Crippen LogP contribution in [0.4, 0.5) is 5.69 Å². The van der Waals surface area contributed by atoms with E-state index in [1.165, 1.54) is 0 Å². The van der Waals surface area contributed by atoms with Crippen LogP contribution >= 0.6 is 0 Å². The Morgan fingerprint density at radius 3 is 2.39 bits per heavy atom. The molecule has 0 spiro atoms. The zero-order valence-electron chi connectivity index (χ0n) is 13.8. The van der Waals surface area contributed by atoms with Gasteiger partial charge in [-0.25, -0.2) is 8.42 Å². The van der Waals surface area contributed by atoms with Gasteiger partial charge in [-0.3, -0.25) is 9.52 Å². The van der Waals surface area contributed by atoms with Crippen LogP contribution in [0.1, 0.15) is 20.3 Å². The molecular formula is C15H25N3O4S. The topological polar surface area (TPSA) is 96.5 Å². The molecule has 1 aromatic carbocycles. The van der Waals surface area contributed by atoms with Crippen LogP contribution in [0, 0.1) is 0 Å². The first-order valence-corrected chi connectivity index (χ1v) is 9.16. The van der Waals surface area contributed by atoms with Crippen LogP contribution in [0.25, 0.3) is 0 Å². The molecule has 0 aliphatic rings. The summed E-state index contributed by atoms with van der Waals surface area (Å²) in [6.45, 7) is 5.02. The zero-order valence-corrected chi connectivity index (χ0v) is 14.6. The number of hydrogen-bond donors (Lipinski definition) is 3. The average molecular weight is 343 g/mol. The van der Waals surface area contributed by atoms with Crippen LogP contribution in [0.15, 0.2) is 24.3 Å². The predicted octanol–water partition coefficient (Wildman–Crippen LogP) is 0.941. The van der Waals surface area contributed by atoms with Crippen molar-refractivity contribution < 1.29 is 17.9 Å². The van der Waals surface area contributed by atoms with Gasteiger partial charge >= 0.3 is 0 Å². The smallest absolute Gasteiger partial charge is 0.241 e. The van der Waals surface area contributed by atoms with Crippen molar-refractivity contribution in [3.63, 3.8) is 0 Å². The van der Waals surface area contributed by atoms with Gasteiger partial charge in [-0.2, -0.15) is 0 Å². The van der Waals surface area contributed by atoms with Gasteiger partial charge in [0, 0.05) is 12.2 Å². The number of benzene rings is 1. The van der Waals surface area contributed by atoms with Crippen molar-refractivity contribution in [1.82, 2.24) is 10.6 Å². The molecule has 0 saturated heterocycles. The monoisotopic (exact) mass is 343 g/mol. The van der Waals surface area contributed by atoms with E-state index in [9.17, 15) is 13.2 Å². The molecule has 0 aromatic heterocycles. The molecule has 0 atom stereocenters. The van der Waals surface area contributed by atoms with E-state index in [0.717, 1.165) is 13.0 Å². The zero-order chi connectivity index (χ0) is 17.3. The number of sulfonamides is 1. The highest BCUT2D eigenvalue weighted by Gasteiger charge is 2.16. The van der Waals surface area contributed by atoms with E-state index >= 15 is 0 Å². The highest BCUT2D eigenvalue weighted by atomic mass is 32.2. The van der Waals surface area contributed by atoms with Gasteiger partial charge in [0.1, 0.15) is 11.5 Å². The van der Waals surface area contributed by atoms with Crippen LogP contribution < -0.4 is 20.1 Å². The summed E-state index contributed by atoms with van der Waals surface area (Å²) >= 11 is 0. The number of carbonyl (C=O) groups excluding carboxylic acids is 1. The molecule has 0 heterocycles. The molecule has 0 radical (unpaired) electrons. The van der Waals surface area contributed by atoms with Gasteiger partial charge in [-0.1, -0.05) is 0 Å². The van der Waals surface area contributed by atoms with Crippen molar-refractivity contribution in [3.8, 4) is 5.75 Å². The van der Waals surface area contributed by atoms with E-state index in [2.05, 4.69) is 15.4 Å². The standard InChI is InChI=1S/C15H25N3O4S/c1-12(2)22-14-7-5-13(6-8-14)18-23(20,21)11-15(19)17-10-4-9-16-3/h5-8,12,16,18H,4,9-11H2,1-3H3,(H,17,19). The fourth-order valence-corrected chi connectivity index (χ4v) is 2.82. The van der Waals surface area contributed by atoms with Gasteiger partial charge in [0.15, 0.2) is 0 Å². The molecule has 1 rings (SSSR count). The molecule has 3 N–H and O–H groups in total. The maximum atomic E-state index is 11.9. The third kappa shape index (κ3) is 8.41. The maximum Gasteiger partial charge on any atom is 0.241 e. The Labute approximate surface area is 137 Å². The van der Waals surface area contributed by atoms with E-state index in [-0.39, 0.29) is 6.10 Å². The number of hydrogen-bond acceptors (Lipinski definition) is 5. The molecule has 1 aromatic rings. The van der Waals surface area contributed by atoms with Crippen LogP contribution in [0.2, 0.25) is 0 Å². The van der Waals surface area contributed by atoms with Crippen molar-refractivity contribution in [1.29, 1.82) is 0 Å². The second kappa shape index (κ2) is 9.36. The van der Waals surface area contributed by atoms with Crippen molar-refractivity contribution >= 4 is 21.6 Å². The van der Waals surface area contributed by atoms with Crippen molar-refractivity contribution in [2.24, 2.45) is 0 Å². The molecule has 0 unspecified atom stereocenters. The first-order chi connectivity index (χ1) is 10.8. The van der Waals surface area contributed by atoms with Gasteiger partial charge in [0.25, 0.3) is 0 Å². The number of nitrogens with one attached hydrogen (secondary N) is 3. The van der Waals surface area contributed by atoms with Crippen molar-refractivity contribution in [3.05, 3.63) is 24.3 Å². The summed E-state index contributed by atoms with van der Waals surface area (Å²) in [7, 11) is -1.92. The number of carbonyl (C=O) groups is 1. The number of ether oxygens (including phenoxy) is 1. The van der Waals surface area contributed by atoms with Crippen LogP contribution in [-0.2, 0) is 14.8 Å². The second-order valence-corrected chi connectivity index (χ2v) is 7.08. The molecule has 1 amide bonds. The molecule has 0 aliphatic heterocycles. The van der Waals surface area contributed by atoms with Gasteiger partial charge in [0.05, 0.1) is 6.10 Å². The largest absolute Gasteiger partial charge is 0.491 e. The SMILES string of the molecule is CNCCCNC(=O)CS(=O)(=O)Nc1ccc(OC(C)C)cc1. The number of rotatable bonds is 10. The Kier molecular flexibility index (Phi) is 7.84. The van der Waals surface area contributed by atoms with Gasteiger partial charge in [0.2, 0.25) is 15.9 Å². The lowest BCUT2D eigenvalue weighted by molar-refractivity contribution is -0.118. The van der Waals surface area contributed by atoms with Gasteiger partial charge in [-0.05, 0) is 58.1 Å². The summed E-state index contributed by atoms with van der Waals surface area (Å²) in [5.74, 6) is -0.463. The lowest BCUT2D eigenvalue weighted by Crippen LogP contribution is -2.34. The average Bonchev–Trinajstić information content (AvgIpc) is 2.44. The van der Waals surface area contributed by atoms with E-state index < -0.39 is 21.7 Å². The minimum atomic E-state index is -3.73. The molecule has 0 aliphatic carbocycles. The first kappa shape index (κ1) is 19.2. The minimum absolute atomic E-state index is 0.0455. The molecule has 23 heavy (non-hydrogen) atoms. The Balaban J connectivity index is 2.49. The fraction of sp³-hybridized carbons (Fsp3) is 0.533. The van der Waals surface area contributed by atoms with E-state index in [1.54, 1.807) is 24.3 Å². The summed E-state index contributed by atoms with van der Waals surface area (Å²) in [5.41, 5.74) is 0.393. The summed E-state index contributed by atoms with van der Waals surface area (Å²) in [5, 5.41) is 5.52. The van der Waals surface area contributed by atoms with Gasteiger partial charge in [-0.15, -0.1) is 0 Å². The minimum Gasteiger partial charge on any atom is -0.491 e. The summed E-state index contributed by atoms with van der Waals surface area (Å²) in [4.78, 5) is 11.6. The first-order valence-electron chi connectivity index (χ1n) is 7.51. The molecule has 130 valence electrons. The lowest BCUT2D eigenvalue weighted by Gasteiger charge is -2.11. The normalized spacial score (nSPS) is 11.3. The molecule has 0 fully saturated rings. The second-order valence-electron chi connectivity index (χ2n) is 5.36. The highest BCUT2D eigenvalue weighted by Crippen LogP contribution is 2.17. The number of amides is 1. The Morgan fingerprint density at radius 2 is 1.83 bits per heavy atom. The van der Waals surface area contributed by atoms with E-state index in [4.69, 9.17) is 4.74 Å². The maximum absolute atomic E-state index is 11.9. The van der Waals surface area contributed by atoms with Crippen molar-refractivity contribution in [2.45, 2.75) is 26.4 Å². The summed E-state index contributed by atoms with van der Waals surface area (Å²) < 4.78 is 31.7. The Hall–Kier alpha value is -1.80. The molecule has 7 nitrogen and oxygen atoms in total. The third-order valence-electron chi connectivity index (χ3n) is 2.75. The number of anilines is 1. The van der Waals surface area contributed by atoms with Crippen LogP contribution in [-0.4, -0.2) is 46.3 Å². The Morgan fingerprint density at radius 1 is 1.17 bits per heavy atom. The fourth-order valence-electron chi connectivity index (χ4n) is 1.81. The summed E-state index contributed by atoms with van der Waals surface area (Å²) in [6, 6.07) is 6.55. The highest BCUT2D eigenvalue weighted by molar-refractivity contribution is 7.93. The molecular weight excluding hydrogens is 318 g/mol. The molecule has 0 bridgehead atoms. The molecule has 8 heteroatoms. The van der Waals surface area contributed by atoms with E-state index in [1.807, 2.05) is 20.9 Å².